The molecule has 1 N–H and O–H groups in total. The molecule has 0 saturated carbocycles. The van der Waals surface area contributed by atoms with Gasteiger partial charge in [0.15, 0.2) is 0 Å². The summed E-state index contributed by atoms with van der Waals surface area (Å²) in [6.07, 6.45) is 1.59. The van der Waals surface area contributed by atoms with Crippen LogP contribution >= 0.6 is 27.3 Å². The fourth-order valence-electron chi connectivity index (χ4n) is 1.30. The number of thiazole rings is 1. The van der Waals surface area contributed by atoms with Crippen LogP contribution in [0.1, 0.15) is 21.2 Å². The Balaban J connectivity index is 2.01. The third-order valence-corrected chi connectivity index (χ3v) is 3.53. The van der Waals surface area contributed by atoms with Crippen molar-refractivity contribution in [2.24, 2.45) is 0 Å². The van der Waals surface area contributed by atoms with Crippen LogP contribution in [0.3, 0.4) is 0 Å². The minimum absolute atomic E-state index is 0.205. The number of nitrogens with zero attached hydrogens (tertiary/aromatic N) is 2. The molecule has 0 spiro atoms. The molecule has 0 saturated heterocycles. The number of hydrogen-bond donors (Lipinski definition) is 1. The number of aromatic nitrogens is 2. The molecule has 0 aliphatic heterocycles. The van der Waals surface area contributed by atoms with E-state index in [4.69, 9.17) is 0 Å². The Morgan fingerprint density at radius 1 is 1.59 bits per heavy atom. The Morgan fingerprint density at radius 2 is 2.41 bits per heavy atom. The number of aryl methyl sites for hydroxylation is 1. The van der Waals surface area contributed by atoms with Gasteiger partial charge in [0.1, 0.15) is 5.69 Å². The topological polar surface area (TPSA) is 54.9 Å². The first kappa shape index (κ1) is 12.2. The van der Waals surface area contributed by atoms with Gasteiger partial charge in [0.05, 0.1) is 17.2 Å². The fraction of sp³-hybridized carbons (Fsp3) is 0.182. The number of carbonyl (C=O) groups is 1. The van der Waals surface area contributed by atoms with Crippen LogP contribution in [0.15, 0.2) is 28.2 Å². The van der Waals surface area contributed by atoms with Crippen molar-refractivity contribution in [2.45, 2.75) is 13.5 Å². The molecule has 2 aromatic rings. The molecular formula is C11H10BrN3OS. The van der Waals surface area contributed by atoms with Crippen LogP contribution in [0.5, 0.6) is 0 Å². The quantitative estimate of drug-likeness (QED) is 0.947. The van der Waals surface area contributed by atoms with Gasteiger partial charge >= 0.3 is 0 Å². The van der Waals surface area contributed by atoms with Gasteiger partial charge in [0.2, 0.25) is 0 Å². The maximum absolute atomic E-state index is 11.8. The van der Waals surface area contributed by atoms with Crippen molar-refractivity contribution in [3.63, 3.8) is 0 Å². The van der Waals surface area contributed by atoms with Gasteiger partial charge in [0.25, 0.3) is 5.91 Å². The molecular weight excluding hydrogens is 302 g/mol. The van der Waals surface area contributed by atoms with Gasteiger partial charge in [0, 0.05) is 16.0 Å². The summed E-state index contributed by atoms with van der Waals surface area (Å²) in [4.78, 5) is 20.1. The largest absolute Gasteiger partial charge is 0.345 e. The summed E-state index contributed by atoms with van der Waals surface area (Å²) in [5, 5.41) is 5.71. The van der Waals surface area contributed by atoms with Crippen LogP contribution in [0.2, 0.25) is 0 Å². The molecule has 0 bridgehead atoms. The van der Waals surface area contributed by atoms with Crippen LogP contribution in [0.25, 0.3) is 0 Å². The Kier molecular flexibility index (Phi) is 3.86. The highest BCUT2D eigenvalue weighted by molar-refractivity contribution is 9.10. The molecule has 0 aliphatic rings. The Labute approximate surface area is 111 Å². The average molecular weight is 312 g/mol. The second-order valence-electron chi connectivity index (χ2n) is 3.37. The lowest BCUT2D eigenvalue weighted by atomic mass is 10.3. The van der Waals surface area contributed by atoms with Crippen LogP contribution in [0, 0.1) is 6.92 Å². The van der Waals surface area contributed by atoms with Gasteiger partial charge in [-0.3, -0.25) is 4.79 Å². The molecule has 6 heteroatoms. The van der Waals surface area contributed by atoms with Crippen molar-refractivity contribution in [3.05, 3.63) is 44.6 Å². The number of pyridine rings is 1. The zero-order valence-electron chi connectivity index (χ0n) is 9.11. The lowest BCUT2D eigenvalue weighted by Crippen LogP contribution is -2.24. The highest BCUT2D eigenvalue weighted by Crippen LogP contribution is 2.13. The van der Waals surface area contributed by atoms with E-state index in [1.807, 2.05) is 12.3 Å². The molecule has 2 heterocycles. The van der Waals surface area contributed by atoms with Crippen molar-refractivity contribution >= 4 is 33.2 Å². The zero-order chi connectivity index (χ0) is 12.3. The summed E-state index contributed by atoms with van der Waals surface area (Å²) >= 11 is 4.86. The standard InChI is InChI=1S/C11H10BrN3OS/c1-7-15-8(6-17-7)5-14-11(16)10-9(12)3-2-4-13-10/h2-4,6H,5H2,1H3,(H,14,16). The first-order chi connectivity index (χ1) is 8.16. The molecule has 88 valence electrons. The SMILES string of the molecule is Cc1nc(CNC(=O)c2ncccc2Br)cs1. The number of amides is 1. The van der Waals surface area contributed by atoms with E-state index in [1.165, 1.54) is 0 Å². The maximum atomic E-state index is 11.8. The first-order valence-corrected chi connectivity index (χ1v) is 6.64. The molecule has 0 fully saturated rings. The highest BCUT2D eigenvalue weighted by Gasteiger charge is 2.10. The number of rotatable bonds is 3. The Bertz CT molecular complexity index is 541. The molecule has 17 heavy (non-hydrogen) atoms. The van der Waals surface area contributed by atoms with Crippen LogP contribution in [-0.4, -0.2) is 15.9 Å². The van der Waals surface area contributed by atoms with Gasteiger partial charge in [-0.1, -0.05) is 0 Å². The van der Waals surface area contributed by atoms with Crippen molar-refractivity contribution in [3.8, 4) is 0 Å². The monoisotopic (exact) mass is 311 g/mol. The fourth-order valence-corrected chi connectivity index (χ4v) is 2.34. The van der Waals surface area contributed by atoms with Gasteiger partial charge in [-0.2, -0.15) is 0 Å². The molecule has 0 radical (unpaired) electrons. The van der Waals surface area contributed by atoms with Crippen molar-refractivity contribution < 1.29 is 4.79 Å². The summed E-state index contributed by atoms with van der Waals surface area (Å²) in [5.74, 6) is -0.205. The molecule has 4 nitrogen and oxygen atoms in total. The van der Waals surface area contributed by atoms with E-state index in [9.17, 15) is 4.79 Å². The van der Waals surface area contributed by atoms with Gasteiger partial charge in [-0.05, 0) is 35.0 Å². The highest BCUT2D eigenvalue weighted by atomic mass is 79.9. The minimum atomic E-state index is -0.205. The number of halogens is 1. The van der Waals surface area contributed by atoms with E-state index < -0.39 is 0 Å². The third-order valence-electron chi connectivity index (χ3n) is 2.07. The van der Waals surface area contributed by atoms with Crippen molar-refractivity contribution in [1.82, 2.24) is 15.3 Å². The summed E-state index contributed by atoms with van der Waals surface area (Å²) < 4.78 is 0.687. The summed E-state index contributed by atoms with van der Waals surface area (Å²) in [5.41, 5.74) is 1.26. The van der Waals surface area contributed by atoms with Crippen LogP contribution in [0.4, 0.5) is 0 Å². The summed E-state index contributed by atoms with van der Waals surface area (Å²) in [7, 11) is 0. The normalized spacial score (nSPS) is 10.2. The third kappa shape index (κ3) is 3.10. The second-order valence-corrected chi connectivity index (χ2v) is 5.29. The molecule has 0 aromatic carbocycles. The van der Waals surface area contributed by atoms with E-state index in [2.05, 4.69) is 31.2 Å². The lowest BCUT2D eigenvalue weighted by Gasteiger charge is -2.03. The van der Waals surface area contributed by atoms with E-state index in [0.29, 0.717) is 16.7 Å². The van der Waals surface area contributed by atoms with Crippen molar-refractivity contribution in [1.29, 1.82) is 0 Å². The van der Waals surface area contributed by atoms with E-state index in [-0.39, 0.29) is 5.91 Å². The summed E-state index contributed by atoms with van der Waals surface area (Å²) in [6, 6.07) is 3.56. The molecule has 1 amide bonds. The Hall–Kier alpha value is -1.27. The molecule has 2 rings (SSSR count). The number of hydrogen-bond acceptors (Lipinski definition) is 4. The average Bonchev–Trinajstić information content (AvgIpc) is 2.73. The second kappa shape index (κ2) is 5.37. The predicted molar refractivity (Wildman–Crippen MR) is 70.0 cm³/mol. The van der Waals surface area contributed by atoms with E-state index in [1.54, 1.807) is 29.7 Å². The van der Waals surface area contributed by atoms with Gasteiger partial charge < -0.3 is 5.32 Å². The van der Waals surface area contributed by atoms with Gasteiger partial charge in [-0.15, -0.1) is 11.3 Å². The molecule has 0 unspecified atom stereocenters. The number of carbonyl (C=O) groups excluding carboxylic acids is 1. The molecule has 0 aliphatic carbocycles. The molecule has 0 atom stereocenters. The van der Waals surface area contributed by atoms with Crippen molar-refractivity contribution in [2.75, 3.05) is 0 Å². The first-order valence-electron chi connectivity index (χ1n) is 4.96. The van der Waals surface area contributed by atoms with Gasteiger partial charge in [-0.25, -0.2) is 9.97 Å². The van der Waals surface area contributed by atoms with E-state index in [0.717, 1.165) is 10.7 Å². The predicted octanol–water partition coefficient (Wildman–Crippen LogP) is 2.54. The van der Waals surface area contributed by atoms with E-state index >= 15 is 0 Å². The number of nitrogens with one attached hydrogen (secondary N) is 1. The van der Waals surface area contributed by atoms with Crippen LogP contribution < -0.4 is 5.32 Å². The minimum Gasteiger partial charge on any atom is -0.345 e. The summed E-state index contributed by atoms with van der Waals surface area (Å²) in [6.45, 7) is 2.36. The zero-order valence-corrected chi connectivity index (χ0v) is 11.5. The van der Waals surface area contributed by atoms with Crippen LogP contribution in [-0.2, 0) is 6.54 Å². The molecule has 2 aromatic heterocycles. The maximum Gasteiger partial charge on any atom is 0.271 e. The smallest absolute Gasteiger partial charge is 0.271 e. The Morgan fingerprint density at radius 3 is 3.06 bits per heavy atom. The lowest BCUT2D eigenvalue weighted by molar-refractivity contribution is 0.0944.